The van der Waals surface area contributed by atoms with Crippen LogP contribution in [-0.2, 0) is 0 Å². The van der Waals surface area contributed by atoms with Gasteiger partial charge in [-0.15, -0.1) is 21.5 Å². The predicted molar refractivity (Wildman–Crippen MR) is 89.9 cm³/mol. The zero-order valence-corrected chi connectivity index (χ0v) is 14.0. The van der Waals surface area contributed by atoms with Gasteiger partial charge in [-0.1, -0.05) is 29.4 Å². The zero-order chi connectivity index (χ0) is 15.2. The SMILES string of the molecule is Clc1ccc(OCCCSc2nnc(-c3cccs3)o2)cc1. The monoisotopic (exact) mass is 352 g/mol. The number of thioether (sulfide) groups is 1. The van der Waals surface area contributed by atoms with Crippen molar-refractivity contribution >= 4 is 34.7 Å². The Hall–Kier alpha value is -1.50. The van der Waals surface area contributed by atoms with Crippen LogP contribution in [0.5, 0.6) is 5.75 Å². The van der Waals surface area contributed by atoms with Crippen molar-refractivity contribution in [3.05, 3.63) is 46.8 Å². The number of nitrogens with zero attached hydrogens (tertiary/aromatic N) is 2. The lowest BCUT2D eigenvalue weighted by Gasteiger charge is -2.04. The molecule has 114 valence electrons. The van der Waals surface area contributed by atoms with Crippen molar-refractivity contribution in [2.75, 3.05) is 12.4 Å². The van der Waals surface area contributed by atoms with Crippen molar-refractivity contribution in [1.29, 1.82) is 0 Å². The fraction of sp³-hybridized carbons (Fsp3) is 0.200. The molecule has 0 unspecified atom stereocenters. The second kappa shape index (κ2) is 7.67. The molecule has 0 atom stereocenters. The van der Waals surface area contributed by atoms with Crippen LogP contribution in [0, 0.1) is 0 Å². The Balaban J connectivity index is 1.39. The molecular weight excluding hydrogens is 340 g/mol. The van der Waals surface area contributed by atoms with E-state index in [0.717, 1.165) is 22.8 Å². The van der Waals surface area contributed by atoms with Crippen LogP contribution in [-0.4, -0.2) is 22.6 Å². The molecule has 7 heteroatoms. The van der Waals surface area contributed by atoms with Crippen molar-refractivity contribution < 1.29 is 9.15 Å². The molecule has 1 aromatic carbocycles. The van der Waals surface area contributed by atoms with E-state index in [0.29, 0.717) is 22.7 Å². The molecule has 0 radical (unpaired) electrons. The van der Waals surface area contributed by atoms with Crippen molar-refractivity contribution in [2.24, 2.45) is 0 Å². The van der Waals surface area contributed by atoms with Crippen LogP contribution < -0.4 is 4.74 Å². The highest BCUT2D eigenvalue weighted by Gasteiger charge is 2.09. The van der Waals surface area contributed by atoms with Gasteiger partial charge in [0.2, 0.25) is 0 Å². The Kier molecular flexibility index (Phi) is 5.37. The van der Waals surface area contributed by atoms with Gasteiger partial charge in [-0.3, -0.25) is 0 Å². The van der Waals surface area contributed by atoms with Gasteiger partial charge in [-0.05, 0) is 42.1 Å². The topological polar surface area (TPSA) is 48.2 Å². The minimum atomic E-state index is 0.579. The number of thiophene rings is 1. The molecule has 4 nitrogen and oxygen atoms in total. The van der Waals surface area contributed by atoms with E-state index in [1.54, 1.807) is 11.3 Å². The Morgan fingerprint density at radius 3 is 2.82 bits per heavy atom. The van der Waals surface area contributed by atoms with Crippen molar-refractivity contribution in [2.45, 2.75) is 11.6 Å². The highest BCUT2D eigenvalue weighted by atomic mass is 35.5. The molecule has 0 amide bonds. The maximum absolute atomic E-state index is 5.82. The van der Waals surface area contributed by atoms with Gasteiger partial charge >= 0.3 is 0 Å². The number of ether oxygens (including phenoxy) is 1. The van der Waals surface area contributed by atoms with E-state index >= 15 is 0 Å². The van der Waals surface area contributed by atoms with Crippen LogP contribution in [0.1, 0.15) is 6.42 Å². The lowest BCUT2D eigenvalue weighted by Crippen LogP contribution is -1.98. The van der Waals surface area contributed by atoms with Crippen LogP contribution in [0.25, 0.3) is 10.8 Å². The third-order valence-corrected chi connectivity index (χ3v) is 4.75. The van der Waals surface area contributed by atoms with Gasteiger partial charge in [-0.25, -0.2) is 0 Å². The normalized spacial score (nSPS) is 10.8. The van der Waals surface area contributed by atoms with E-state index in [9.17, 15) is 0 Å². The summed E-state index contributed by atoms with van der Waals surface area (Å²) in [6, 6.07) is 11.3. The number of hydrogen-bond donors (Lipinski definition) is 0. The molecule has 0 aliphatic carbocycles. The lowest BCUT2D eigenvalue weighted by atomic mass is 10.3. The van der Waals surface area contributed by atoms with Crippen LogP contribution in [0.3, 0.4) is 0 Å². The van der Waals surface area contributed by atoms with Gasteiger partial charge in [0.25, 0.3) is 11.1 Å². The molecule has 2 heterocycles. The highest BCUT2D eigenvalue weighted by Crippen LogP contribution is 2.26. The van der Waals surface area contributed by atoms with E-state index in [-0.39, 0.29) is 0 Å². The predicted octanol–water partition coefficient (Wildman–Crippen LogP) is 5.01. The van der Waals surface area contributed by atoms with Crippen LogP contribution in [0.15, 0.2) is 51.4 Å². The van der Waals surface area contributed by atoms with Gasteiger partial charge < -0.3 is 9.15 Å². The van der Waals surface area contributed by atoms with Crippen LogP contribution in [0.2, 0.25) is 5.02 Å². The summed E-state index contributed by atoms with van der Waals surface area (Å²) in [4.78, 5) is 0.991. The van der Waals surface area contributed by atoms with Crippen molar-refractivity contribution in [1.82, 2.24) is 10.2 Å². The van der Waals surface area contributed by atoms with Crippen LogP contribution in [0.4, 0.5) is 0 Å². The first-order valence-corrected chi connectivity index (χ1v) is 8.94. The maximum atomic E-state index is 5.82. The molecule has 0 spiro atoms. The third-order valence-electron chi connectivity index (χ3n) is 2.73. The molecule has 0 aliphatic heterocycles. The van der Waals surface area contributed by atoms with Crippen LogP contribution >= 0.6 is 34.7 Å². The van der Waals surface area contributed by atoms with E-state index in [4.69, 9.17) is 20.8 Å². The molecule has 0 saturated heterocycles. The first-order chi connectivity index (χ1) is 10.8. The molecule has 2 aromatic heterocycles. The second-order valence-corrected chi connectivity index (χ2v) is 6.79. The zero-order valence-electron chi connectivity index (χ0n) is 11.6. The molecule has 3 aromatic rings. The quantitative estimate of drug-likeness (QED) is 0.441. The second-order valence-electron chi connectivity index (χ2n) is 4.35. The highest BCUT2D eigenvalue weighted by molar-refractivity contribution is 7.99. The van der Waals surface area contributed by atoms with E-state index < -0.39 is 0 Å². The molecule has 0 N–H and O–H groups in total. The number of rotatable bonds is 7. The standard InChI is InChI=1S/C15H13ClN2O2S2/c16-11-4-6-12(7-5-11)19-8-2-10-22-15-18-17-14(20-15)13-3-1-9-21-13/h1,3-7,9H,2,8,10H2. The summed E-state index contributed by atoms with van der Waals surface area (Å²) in [6.45, 7) is 0.639. The number of aromatic nitrogens is 2. The Labute approximate surface area is 141 Å². The number of hydrogen-bond acceptors (Lipinski definition) is 6. The lowest BCUT2D eigenvalue weighted by molar-refractivity contribution is 0.318. The van der Waals surface area contributed by atoms with Gasteiger partial charge in [-0.2, -0.15) is 0 Å². The fourth-order valence-electron chi connectivity index (χ4n) is 1.71. The molecule has 22 heavy (non-hydrogen) atoms. The summed E-state index contributed by atoms with van der Waals surface area (Å²) in [6.07, 6.45) is 0.893. The van der Waals surface area contributed by atoms with Crippen molar-refractivity contribution in [3.8, 4) is 16.5 Å². The minimum Gasteiger partial charge on any atom is -0.494 e. The molecule has 0 aliphatic rings. The average molecular weight is 353 g/mol. The van der Waals surface area contributed by atoms with E-state index in [2.05, 4.69) is 10.2 Å². The Morgan fingerprint density at radius 2 is 2.05 bits per heavy atom. The summed E-state index contributed by atoms with van der Waals surface area (Å²) in [5.41, 5.74) is 0. The molecular formula is C15H13ClN2O2S2. The average Bonchev–Trinajstić information content (AvgIpc) is 3.19. The first kappa shape index (κ1) is 15.4. The number of benzene rings is 1. The van der Waals surface area contributed by atoms with Gasteiger partial charge in [0.1, 0.15) is 5.75 Å². The van der Waals surface area contributed by atoms with Crippen molar-refractivity contribution in [3.63, 3.8) is 0 Å². The van der Waals surface area contributed by atoms with Gasteiger partial charge in [0.05, 0.1) is 11.5 Å². The third kappa shape index (κ3) is 4.25. The molecule has 0 saturated carbocycles. The summed E-state index contributed by atoms with van der Waals surface area (Å²) in [7, 11) is 0. The van der Waals surface area contributed by atoms with E-state index in [1.807, 2.05) is 41.8 Å². The minimum absolute atomic E-state index is 0.579. The van der Waals surface area contributed by atoms with Gasteiger partial charge in [0.15, 0.2) is 0 Å². The van der Waals surface area contributed by atoms with Gasteiger partial charge in [0, 0.05) is 10.8 Å². The smallest absolute Gasteiger partial charge is 0.276 e. The molecule has 0 fully saturated rings. The summed E-state index contributed by atoms with van der Waals surface area (Å²) >= 11 is 8.95. The first-order valence-electron chi connectivity index (χ1n) is 6.70. The molecule has 3 rings (SSSR count). The molecule has 0 bridgehead atoms. The van der Waals surface area contributed by atoms with E-state index in [1.165, 1.54) is 11.8 Å². The number of halogens is 1. The largest absolute Gasteiger partial charge is 0.494 e. The Bertz CT molecular complexity index is 699. The summed E-state index contributed by atoms with van der Waals surface area (Å²) in [5, 5.41) is 11.4. The Morgan fingerprint density at radius 1 is 1.18 bits per heavy atom. The summed E-state index contributed by atoms with van der Waals surface area (Å²) < 4.78 is 11.2. The maximum Gasteiger partial charge on any atom is 0.276 e. The summed E-state index contributed by atoms with van der Waals surface area (Å²) in [5.74, 6) is 2.27. The fourth-order valence-corrected chi connectivity index (χ4v) is 3.15.